The summed E-state index contributed by atoms with van der Waals surface area (Å²) < 4.78 is 25.7. The van der Waals surface area contributed by atoms with Crippen molar-refractivity contribution in [3.8, 4) is 17.2 Å². The van der Waals surface area contributed by atoms with Gasteiger partial charge in [-0.15, -0.1) is 0 Å². The lowest BCUT2D eigenvalue weighted by Gasteiger charge is -2.56. The van der Waals surface area contributed by atoms with Gasteiger partial charge in [-0.05, 0) is 87.1 Å². The highest BCUT2D eigenvalue weighted by atomic mass is 16.6. The average molecular weight is 647 g/mol. The van der Waals surface area contributed by atoms with Gasteiger partial charge in [-0.1, -0.05) is 29.4 Å². The molecule has 4 bridgehead atoms. The molecule has 1 saturated heterocycles. The maximum Gasteiger partial charge on any atom is 0.298 e. The van der Waals surface area contributed by atoms with Crippen molar-refractivity contribution >= 4 is 18.0 Å². The number of carbonyl (C=O) groups excluding carboxylic acids is 3. The number of rotatable bonds is 9. The number of fused-ring (bicyclic) bond motifs is 2. The van der Waals surface area contributed by atoms with Crippen LogP contribution >= 0.6 is 0 Å². The van der Waals surface area contributed by atoms with Gasteiger partial charge in [0.1, 0.15) is 34.2 Å². The van der Waals surface area contributed by atoms with Crippen molar-refractivity contribution in [3.05, 3.63) is 63.5 Å². The maximum absolute atomic E-state index is 14.8. The van der Waals surface area contributed by atoms with Crippen LogP contribution in [0.3, 0.4) is 0 Å². The molecule has 6 aliphatic rings. The first kappa shape index (κ1) is 33.2. The standard InChI is InChI=1S/C38H46O9/c1-20(2)10-9-14-36(8)18-26(40)28-31(42)29-30(41)25-16-23-17-27-35(6,7)47-37(34(23)43,15-13-22(5)44-19-39)38(25,27)46-33(29)24(32(28)45-36)12-11-21(3)4/h10-11,13,16,19,23,26-27,40,42H,9,12,14-15,17-18H2,1-8H3/b22-13-/t23?,26-,27?,36+,37-,38+/m0/s1. The number of aliphatic hydroxyl groups is 1. The Morgan fingerprint density at radius 3 is 2.38 bits per heavy atom. The third-order valence-electron chi connectivity index (χ3n) is 10.8. The third kappa shape index (κ3) is 4.83. The van der Waals surface area contributed by atoms with E-state index >= 15 is 0 Å². The SMILES string of the molecule is CC(C)=CCC[C@]1(C)C[C@H](O)c2c(O)c3c(c(CC=C(C)C)c2O1)O[C@]12C(=CC4CC1C(C)(C)O[C@@]2(C/C=C(/C)OC=O)C4=O)C3=O. The summed E-state index contributed by atoms with van der Waals surface area (Å²) in [7, 11) is 0. The predicted molar refractivity (Wildman–Crippen MR) is 174 cm³/mol. The highest BCUT2D eigenvalue weighted by Gasteiger charge is 2.81. The fourth-order valence-corrected chi connectivity index (χ4v) is 8.66. The van der Waals surface area contributed by atoms with Crippen molar-refractivity contribution in [3.63, 3.8) is 0 Å². The quantitative estimate of drug-likeness (QED) is 0.171. The molecule has 1 spiro atoms. The van der Waals surface area contributed by atoms with Crippen LogP contribution in [0.25, 0.3) is 0 Å². The molecule has 252 valence electrons. The van der Waals surface area contributed by atoms with E-state index in [0.717, 1.165) is 12.0 Å². The van der Waals surface area contributed by atoms with E-state index in [-0.39, 0.29) is 52.7 Å². The number of ether oxygens (including phenoxy) is 4. The molecule has 6 atom stereocenters. The van der Waals surface area contributed by atoms with Crippen molar-refractivity contribution < 1.29 is 43.5 Å². The predicted octanol–water partition coefficient (Wildman–Crippen LogP) is 6.70. The first-order valence-electron chi connectivity index (χ1n) is 16.5. The molecule has 1 aromatic carbocycles. The lowest BCUT2D eigenvalue weighted by molar-refractivity contribution is -0.171. The summed E-state index contributed by atoms with van der Waals surface area (Å²) in [6.45, 7) is 15.7. The van der Waals surface area contributed by atoms with Crippen LogP contribution in [0, 0.1) is 11.8 Å². The Balaban J connectivity index is 1.59. The van der Waals surface area contributed by atoms with E-state index in [0.29, 0.717) is 42.8 Å². The molecule has 1 saturated carbocycles. The summed E-state index contributed by atoms with van der Waals surface area (Å²) in [5, 5.41) is 23.4. The molecule has 3 aliphatic carbocycles. The number of phenols is 1. The van der Waals surface area contributed by atoms with Gasteiger partial charge in [0.25, 0.3) is 6.47 Å². The van der Waals surface area contributed by atoms with Crippen LogP contribution in [-0.4, -0.2) is 50.7 Å². The van der Waals surface area contributed by atoms with E-state index in [9.17, 15) is 24.6 Å². The maximum atomic E-state index is 14.8. The van der Waals surface area contributed by atoms with Gasteiger partial charge in [0.15, 0.2) is 22.8 Å². The molecule has 2 N–H and O–H groups in total. The van der Waals surface area contributed by atoms with Crippen molar-refractivity contribution in [2.75, 3.05) is 0 Å². The molecule has 0 amide bonds. The van der Waals surface area contributed by atoms with Gasteiger partial charge in [0.2, 0.25) is 0 Å². The number of allylic oxidation sites excluding steroid dienone is 6. The Hall–Kier alpha value is -3.69. The second-order valence-electron chi connectivity index (χ2n) is 15.1. The minimum Gasteiger partial charge on any atom is -0.506 e. The molecule has 9 nitrogen and oxygen atoms in total. The number of benzene rings is 1. The molecule has 3 aliphatic heterocycles. The molecule has 0 radical (unpaired) electrons. The van der Waals surface area contributed by atoms with Gasteiger partial charge in [0, 0.05) is 35.8 Å². The fourth-order valence-electron chi connectivity index (χ4n) is 8.66. The zero-order chi connectivity index (χ0) is 34.3. The Labute approximate surface area is 276 Å². The Morgan fingerprint density at radius 1 is 1.02 bits per heavy atom. The first-order valence-corrected chi connectivity index (χ1v) is 16.5. The summed E-state index contributed by atoms with van der Waals surface area (Å²) in [6.07, 6.45) is 8.73. The molecule has 2 fully saturated rings. The van der Waals surface area contributed by atoms with Crippen LogP contribution in [0.2, 0.25) is 0 Å². The van der Waals surface area contributed by atoms with E-state index in [1.807, 2.05) is 54.5 Å². The molecule has 0 aromatic heterocycles. The summed E-state index contributed by atoms with van der Waals surface area (Å²) in [5.74, 6) is -1.23. The summed E-state index contributed by atoms with van der Waals surface area (Å²) in [5.41, 5.74) is -1.54. The molecular weight excluding hydrogens is 600 g/mol. The number of ketones is 2. The number of carbonyl (C=O) groups is 3. The van der Waals surface area contributed by atoms with E-state index in [4.69, 9.17) is 18.9 Å². The monoisotopic (exact) mass is 646 g/mol. The number of hydrogen-bond acceptors (Lipinski definition) is 9. The summed E-state index contributed by atoms with van der Waals surface area (Å²) in [6, 6.07) is 0. The first-order chi connectivity index (χ1) is 22.0. The van der Waals surface area contributed by atoms with Gasteiger partial charge >= 0.3 is 0 Å². The largest absolute Gasteiger partial charge is 0.506 e. The van der Waals surface area contributed by atoms with Crippen molar-refractivity contribution in [2.24, 2.45) is 11.8 Å². The van der Waals surface area contributed by atoms with Gasteiger partial charge in [-0.3, -0.25) is 14.4 Å². The Morgan fingerprint density at radius 2 is 1.72 bits per heavy atom. The second-order valence-corrected chi connectivity index (χ2v) is 15.1. The fraction of sp³-hybridized carbons (Fsp3) is 0.553. The number of aromatic hydroxyl groups is 1. The van der Waals surface area contributed by atoms with Crippen LogP contribution in [0.5, 0.6) is 17.2 Å². The zero-order valence-corrected chi connectivity index (χ0v) is 28.6. The normalized spacial score (nSPS) is 32.7. The average Bonchev–Trinajstić information content (AvgIpc) is 3.12. The molecule has 7 rings (SSSR count). The minimum absolute atomic E-state index is 0.0137. The summed E-state index contributed by atoms with van der Waals surface area (Å²) >= 11 is 0. The Kier molecular flexibility index (Phi) is 7.91. The second kappa shape index (κ2) is 11.2. The number of aliphatic hydroxyl groups excluding tert-OH is 1. The van der Waals surface area contributed by atoms with Crippen LogP contribution in [0.4, 0.5) is 0 Å². The van der Waals surface area contributed by atoms with E-state index in [2.05, 4.69) is 6.08 Å². The molecular formula is C38H46O9. The van der Waals surface area contributed by atoms with Crippen molar-refractivity contribution in [1.82, 2.24) is 0 Å². The third-order valence-corrected chi connectivity index (χ3v) is 10.8. The van der Waals surface area contributed by atoms with Gasteiger partial charge in [0.05, 0.1) is 17.3 Å². The highest BCUT2D eigenvalue weighted by Crippen LogP contribution is 2.69. The lowest BCUT2D eigenvalue weighted by Crippen LogP contribution is -2.72. The van der Waals surface area contributed by atoms with Gasteiger partial charge in [-0.25, -0.2) is 0 Å². The lowest BCUT2D eigenvalue weighted by atomic mass is 9.51. The van der Waals surface area contributed by atoms with E-state index in [1.54, 1.807) is 19.1 Å². The van der Waals surface area contributed by atoms with Crippen LogP contribution in [-0.2, 0) is 25.5 Å². The van der Waals surface area contributed by atoms with Crippen molar-refractivity contribution in [1.29, 1.82) is 0 Å². The van der Waals surface area contributed by atoms with Crippen LogP contribution in [0.15, 0.2) is 46.8 Å². The van der Waals surface area contributed by atoms with Crippen LogP contribution < -0.4 is 9.47 Å². The minimum atomic E-state index is -1.59. The number of hydrogen-bond donors (Lipinski definition) is 2. The van der Waals surface area contributed by atoms with E-state index in [1.165, 1.54) is 5.57 Å². The Bertz CT molecular complexity index is 1680. The zero-order valence-electron chi connectivity index (χ0n) is 28.6. The molecule has 47 heavy (non-hydrogen) atoms. The van der Waals surface area contributed by atoms with E-state index < -0.39 is 40.2 Å². The number of phenolic OH excluding ortho intramolecular Hbond substituents is 1. The molecule has 1 aromatic rings. The molecule has 2 unspecified atom stereocenters. The van der Waals surface area contributed by atoms with Crippen LogP contribution in [0.1, 0.15) is 115 Å². The topological polar surface area (TPSA) is 129 Å². The van der Waals surface area contributed by atoms with Gasteiger partial charge < -0.3 is 29.2 Å². The highest BCUT2D eigenvalue weighted by molar-refractivity contribution is 6.18. The van der Waals surface area contributed by atoms with Gasteiger partial charge in [-0.2, -0.15) is 0 Å². The smallest absolute Gasteiger partial charge is 0.298 e. The van der Waals surface area contributed by atoms with Crippen molar-refractivity contribution in [2.45, 2.75) is 122 Å². The number of Topliss-reactive ketones (excluding diaryl/α,β-unsaturated/α-hetero) is 2. The molecule has 3 heterocycles. The summed E-state index contributed by atoms with van der Waals surface area (Å²) in [4.78, 5) is 40.2. The molecule has 9 heteroatoms.